The van der Waals surface area contributed by atoms with E-state index in [0.29, 0.717) is 38.9 Å². The summed E-state index contributed by atoms with van der Waals surface area (Å²) in [5.41, 5.74) is 1.51. The molecule has 0 aliphatic heterocycles. The maximum atomic E-state index is 13.1. The Morgan fingerprint density at radius 1 is 1.23 bits per heavy atom. The molecule has 8 nitrogen and oxygen atoms in total. The molecule has 2 N–H and O–H groups in total. The summed E-state index contributed by atoms with van der Waals surface area (Å²) in [6.07, 6.45) is 1.61. The molecule has 3 heterocycles. The standard InChI is InChI=1S/C21H19N5O3S/c1-26(12-17-23-15-9-11-30-18(15)20(27)25-17)21(28)13-6-5-10-22-19(13)24-14-7-3-4-8-16(14)29-2/h3-11H,12H2,1-2H3,(H,22,24)(H,23,25,27). The van der Waals surface area contributed by atoms with E-state index in [9.17, 15) is 9.59 Å². The summed E-state index contributed by atoms with van der Waals surface area (Å²) in [6.45, 7) is 0.156. The zero-order valence-corrected chi connectivity index (χ0v) is 17.2. The number of fused-ring (bicyclic) bond motifs is 1. The van der Waals surface area contributed by atoms with E-state index < -0.39 is 0 Å². The minimum atomic E-state index is -0.256. The van der Waals surface area contributed by atoms with Gasteiger partial charge in [-0.15, -0.1) is 11.3 Å². The number of ether oxygens (including phenoxy) is 1. The number of H-pyrrole nitrogens is 1. The highest BCUT2D eigenvalue weighted by molar-refractivity contribution is 7.17. The van der Waals surface area contributed by atoms with Gasteiger partial charge in [0.15, 0.2) is 0 Å². The van der Waals surface area contributed by atoms with Gasteiger partial charge in [0.2, 0.25) is 0 Å². The molecule has 0 fully saturated rings. The van der Waals surface area contributed by atoms with Crippen molar-refractivity contribution >= 4 is 39.0 Å². The predicted octanol–water partition coefficient (Wildman–Crippen LogP) is 3.40. The van der Waals surface area contributed by atoms with Crippen LogP contribution in [0, 0.1) is 0 Å². The number of hydrogen-bond donors (Lipinski definition) is 2. The summed E-state index contributed by atoms with van der Waals surface area (Å²) >= 11 is 1.34. The number of aromatic amines is 1. The van der Waals surface area contributed by atoms with Crippen molar-refractivity contribution in [1.82, 2.24) is 19.9 Å². The zero-order valence-electron chi connectivity index (χ0n) is 16.4. The molecule has 4 aromatic rings. The minimum absolute atomic E-state index is 0.156. The second kappa shape index (κ2) is 8.34. The first-order valence-corrected chi connectivity index (χ1v) is 10.0. The third kappa shape index (κ3) is 3.87. The quantitative estimate of drug-likeness (QED) is 0.495. The first-order valence-electron chi connectivity index (χ1n) is 9.13. The molecule has 4 rings (SSSR count). The number of para-hydroxylation sites is 2. The number of amides is 1. The molecule has 0 spiro atoms. The van der Waals surface area contributed by atoms with Crippen molar-refractivity contribution in [1.29, 1.82) is 0 Å². The first-order chi connectivity index (χ1) is 14.6. The molecule has 0 saturated heterocycles. The van der Waals surface area contributed by atoms with Gasteiger partial charge < -0.3 is 19.9 Å². The smallest absolute Gasteiger partial charge is 0.268 e. The van der Waals surface area contributed by atoms with Gasteiger partial charge in [-0.2, -0.15) is 0 Å². The van der Waals surface area contributed by atoms with E-state index in [0.717, 1.165) is 0 Å². The van der Waals surface area contributed by atoms with E-state index in [2.05, 4.69) is 20.3 Å². The van der Waals surface area contributed by atoms with Crippen molar-refractivity contribution in [2.45, 2.75) is 6.54 Å². The average Bonchev–Trinajstić information content (AvgIpc) is 3.23. The largest absolute Gasteiger partial charge is 0.495 e. The van der Waals surface area contributed by atoms with Gasteiger partial charge >= 0.3 is 0 Å². The summed E-state index contributed by atoms with van der Waals surface area (Å²) in [5, 5.41) is 4.98. The van der Waals surface area contributed by atoms with E-state index >= 15 is 0 Å². The number of methoxy groups -OCH3 is 1. The van der Waals surface area contributed by atoms with E-state index in [1.165, 1.54) is 16.2 Å². The van der Waals surface area contributed by atoms with E-state index in [4.69, 9.17) is 4.74 Å². The Kier molecular flexibility index (Phi) is 5.44. The van der Waals surface area contributed by atoms with Gasteiger partial charge in [-0.3, -0.25) is 9.59 Å². The average molecular weight is 421 g/mol. The fourth-order valence-electron chi connectivity index (χ4n) is 3.05. The van der Waals surface area contributed by atoms with Crippen molar-refractivity contribution in [3.8, 4) is 5.75 Å². The highest BCUT2D eigenvalue weighted by Gasteiger charge is 2.19. The molecule has 1 amide bonds. The van der Waals surface area contributed by atoms with Crippen LogP contribution in [-0.2, 0) is 6.54 Å². The molecule has 0 atom stereocenters. The number of hydrogen-bond acceptors (Lipinski definition) is 7. The predicted molar refractivity (Wildman–Crippen MR) is 117 cm³/mol. The SMILES string of the molecule is COc1ccccc1Nc1ncccc1C(=O)N(C)Cc1nc2ccsc2c(=O)[nH]1. The number of thiophene rings is 1. The molecule has 9 heteroatoms. The molecule has 0 aliphatic carbocycles. The highest BCUT2D eigenvalue weighted by Crippen LogP contribution is 2.28. The fourth-order valence-corrected chi connectivity index (χ4v) is 3.78. The maximum Gasteiger partial charge on any atom is 0.268 e. The van der Waals surface area contributed by atoms with Crippen molar-refractivity contribution in [2.75, 3.05) is 19.5 Å². The number of anilines is 2. The molecule has 3 aromatic heterocycles. The normalized spacial score (nSPS) is 10.7. The number of carbonyl (C=O) groups excluding carboxylic acids is 1. The Hall–Kier alpha value is -3.72. The second-order valence-electron chi connectivity index (χ2n) is 6.53. The maximum absolute atomic E-state index is 13.1. The number of rotatable bonds is 6. The molecule has 0 radical (unpaired) electrons. The molecule has 1 aromatic carbocycles. The third-order valence-corrected chi connectivity index (χ3v) is 5.40. The number of aromatic nitrogens is 3. The molecule has 0 aliphatic rings. The van der Waals surface area contributed by atoms with E-state index in [1.54, 1.807) is 38.6 Å². The number of benzene rings is 1. The second-order valence-corrected chi connectivity index (χ2v) is 7.45. The van der Waals surface area contributed by atoms with Crippen LogP contribution in [0.1, 0.15) is 16.2 Å². The number of nitrogens with zero attached hydrogens (tertiary/aromatic N) is 3. The van der Waals surface area contributed by atoms with Crippen molar-refractivity contribution in [3.05, 3.63) is 75.8 Å². The summed E-state index contributed by atoms with van der Waals surface area (Å²) in [6, 6.07) is 12.6. The van der Waals surface area contributed by atoms with Crippen LogP contribution in [0.2, 0.25) is 0 Å². The Morgan fingerprint density at radius 2 is 2.07 bits per heavy atom. The van der Waals surface area contributed by atoms with E-state index in [-0.39, 0.29) is 18.0 Å². The minimum Gasteiger partial charge on any atom is -0.495 e. The number of nitrogens with one attached hydrogen (secondary N) is 2. The summed E-state index contributed by atoms with van der Waals surface area (Å²) in [5.74, 6) is 1.22. The Labute approximate surface area is 176 Å². The molecule has 152 valence electrons. The van der Waals surface area contributed by atoms with Crippen LogP contribution in [0.5, 0.6) is 5.75 Å². The van der Waals surface area contributed by atoms with Crippen molar-refractivity contribution in [2.24, 2.45) is 0 Å². The lowest BCUT2D eigenvalue weighted by Crippen LogP contribution is -2.29. The number of carbonyl (C=O) groups is 1. The van der Waals surface area contributed by atoms with Crippen LogP contribution >= 0.6 is 11.3 Å². The lowest BCUT2D eigenvalue weighted by Gasteiger charge is -2.19. The van der Waals surface area contributed by atoms with Gasteiger partial charge in [0.05, 0.1) is 30.4 Å². The van der Waals surface area contributed by atoms with Gasteiger partial charge in [-0.1, -0.05) is 12.1 Å². The monoisotopic (exact) mass is 421 g/mol. The van der Waals surface area contributed by atoms with Gasteiger partial charge in [0, 0.05) is 13.2 Å². The van der Waals surface area contributed by atoms with Crippen LogP contribution in [-0.4, -0.2) is 39.9 Å². The number of pyridine rings is 1. The van der Waals surface area contributed by atoms with Crippen molar-refractivity contribution < 1.29 is 9.53 Å². The molecular formula is C21H19N5O3S. The van der Waals surface area contributed by atoms with Gasteiger partial charge in [0.1, 0.15) is 22.1 Å². The highest BCUT2D eigenvalue weighted by atomic mass is 32.1. The molecule has 30 heavy (non-hydrogen) atoms. The third-order valence-electron chi connectivity index (χ3n) is 4.50. The fraction of sp³-hybridized carbons (Fsp3) is 0.143. The van der Waals surface area contributed by atoms with Gasteiger partial charge in [-0.25, -0.2) is 9.97 Å². The van der Waals surface area contributed by atoms with Crippen LogP contribution < -0.4 is 15.6 Å². The summed E-state index contributed by atoms with van der Waals surface area (Å²) in [4.78, 5) is 38.3. The van der Waals surface area contributed by atoms with Crippen LogP contribution in [0.25, 0.3) is 10.2 Å². The zero-order chi connectivity index (χ0) is 21.1. The van der Waals surface area contributed by atoms with Gasteiger partial charge in [0.25, 0.3) is 11.5 Å². The molecule has 0 saturated carbocycles. The van der Waals surface area contributed by atoms with E-state index in [1.807, 2.05) is 29.6 Å². The first kappa shape index (κ1) is 19.6. The lowest BCUT2D eigenvalue weighted by molar-refractivity contribution is 0.0782. The molecule has 0 bridgehead atoms. The summed E-state index contributed by atoms with van der Waals surface area (Å²) in [7, 11) is 3.23. The van der Waals surface area contributed by atoms with Crippen LogP contribution in [0.3, 0.4) is 0 Å². The molecule has 0 unspecified atom stereocenters. The summed E-state index contributed by atoms with van der Waals surface area (Å²) < 4.78 is 5.93. The lowest BCUT2D eigenvalue weighted by atomic mass is 10.2. The molecular weight excluding hydrogens is 402 g/mol. The Morgan fingerprint density at radius 3 is 2.90 bits per heavy atom. The Balaban J connectivity index is 1.59. The van der Waals surface area contributed by atoms with Crippen molar-refractivity contribution in [3.63, 3.8) is 0 Å². The topological polar surface area (TPSA) is 100 Å². The van der Waals surface area contributed by atoms with Crippen LogP contribution in [0.4, 0.5) is 11.5 Å². The van der Waals surface area contributed by atoms with Crippen LogP contribution in [0.15, 0.2) is 58.8 Å². The van der Waals surface area contributed by atoms with Gasteiger partial charge in [-0.05, 0) is 35.7 Å². The Bertz CT molecular complexity index is 1270.